The first-order valence-electron chi connectivity index (χ1n) is 29.7. The standard InChI is InChI=1S/C83H59N/c1-81(2)74-36-20-17-32-63(74)66-43-40-55(48-77(66)81)84(56-41-44-67-64-33-18-21-37-75(64)82(3,4)78(67)49-56)80-46-45-62(57-27-15-16-35-69(57)80)71-51-73-59-29-12-11-28-58(59)70(50-72(73)61-31-14-13-30-60(61)71)52-39-42-68-65-34-19-22-38-76(65)83(79(68)47-52,53-23-7-5-8-24-53)54-25-9-6-10-26-54/h5-51H,1-4H3. The lowest BCUT2D eigenvalue weighted by atomic mass is 9.67. The van der Waals surface area contributed by atoms with E-state index in [9.17, 15) is 0 Å². The van der Waals surface area contributed by atoms with Gasteiger partial charge in [0.1, 0.15) is 0 Å². The number of nitrogens with zero attached hydrogens (tertiary/aromatic N) is 1. The number of anilines is 3. The summed E-state index contributed by atoms with van der Waals surface area (Å²) in [6, 6.07) is 108. The van der Waals surface area contributed by atoms with Crippen LogP contribution in [0.25, 0.3) is 98.7 Å². The summed E-state index contributed by atoms with van der Waals surface area (Å²) < 4.78 is 0. The van der Waals surface area contributed by atoms with Crippen molar-refractivity contribution >= 4 is 60.2 Å². The molecule has 3 aliphatic rings. The maximum atomic E-state index is 2.54. The van der Waals surface area contributed by atoms with Crippen LogP contribution >= 0.6 is 0 Å². The third-order valence-electron chi connectivity index (χ3n) is 19.7. The van der Waals surface area contributed by atoms with Gasteiger partial charge < -0.3 is 4.90 Å². The second-order valence-corrected chi connectivity index (χ2v) is 24.6. The molecular formula is C83H59N. The summed E-state index contributed by atoms with van der Waals surface area (Å²) in [5, 5.41) is 9.87. The van der Waals surface area contributed by atoms with Crippen LogP contribution in [0.3, 0.4) is 0 Å². The van der Waals surface area contributed by atoms with Crippen molar-refractivity contribution in [3.8, 4) is 55.6 Å². The number of hydrogen-bond acceptors (Lipinski definition) is 1. The van der Waals surface area contributed by atoms with Crippen molar-refractivity contribution in [1.82, 2.24) is 0 Å². The Balaban J connectivity index is 0.862. The minimum atomic E-state index is -0.497. The van der Waals surface area contributed by atoms with E-state index >= 15 is 0 Å². The maximum Gasteiger partial charge on any atom is 0.0713 e. The zero-order valence-corrected chi connectivity index (χ0v) is 47.6. The van der Waals surface area contributed by atoms with Gasteiger partial charge in [-0.1, -0.05) is 264 Å². The van der Waals surface area contributed by atoms with Crippen molar-refractivity contribution in [1.29, 1.82) is 0 Å². The molecular weight excluding hydrogens is 1010 g/mol. The molecule has 1 heteroatoms. The molecule has 0 N–H and O–H groups in total. The molecule has 0 saturated heterocycles. The highest BCUT2D eigenvalue weighted by molar-refractivity contribution is 6.25. The summed E-state index contributed by atoms with van der Waals surface area (Å²) in [5.41, 5.74) is 26.0. The van der Waals surface area contributed by atoms with Gasteiger partial charge in [0.25, 0.3) is 0 Å². The van der Waals surface area contributed by atoms with E-state index in [1.165, 1.54) is 143 Å². The summed E-state index contributed by atoms with van der Waals surface area (Å²) >= 11 is 0. The molecule has 1 nitrogen and oxygen atoms in total. The maximum absolute atomic E-state index is 2.54. The van der Waals surface area contributed by atoms with Crippen LogP contribution in [0.4, 0.5) is 17.1 Å². The van der Waals surface area contributed by atoms with Crippen LogP contribution in [-0.2, 0) is 16.2 Å². The van der Waals surface area contributed by atoms with Crippen LogP contribution in [0, 0.1) is 0 Å². The van der Waals surface area contributed by atoms with Gasteiger partial charge in [-0.2, -0.15) is 0 Å². The van der Waals surface area contributed by atoms with E-state index in [2.05, 4.69) is 318 Å². The van der Waals surface area contributed by atoms with Gasteiger partial charge in [-0.3, -0.25) is 0 Å². The molecule has 17 rings (SSSR count). The molecule has 14 aromatic rings. The van der Waals surface area contributed by atoms with Crippen molar-refractivity contribution in [2.24, 2.45) is 0 Å². The topological polar surface area (TPSA) is 3.24 Å². The van der Waals surface area contributed by atoms with E-state index in [0.29, 0.717) is 0 Å². The molecule has 0 fully saturated rings. The van der Waals surface area contributed by atoms with Crippen LogP contribution < -0.4 is 4.90 Å². The molecule has 84 heavy (non-hydrogen) atoms. The molecule has 3 aliphatic carbocycles. The van der Waals surface area contributed by atoms with Gasteiger partial charge in [0, 0.05) is 27.6 Å². The fraction of sp³-hybridized carbons (Fsp3) is 0.0843. The Morgan fingerprint density at radius 1 is 0.226 bits per heavy atom. The molecule has 0 unspecified atom stereocenters. The van der Waals surface area contributed by atoms with Crippen LogP contribution in [-0.4, -0.2) is 0 Å². The van der Waals surface area contributed by atoms with Crippen molar-refractivity contribution < 1.29 is 0 Å². The number of hydrogen-bond donors (Lipinski definition) is 0. The Kier molecular flexibility index (Phi) is 10.4. The summed E-state index contributed by atoms with van der Waals surface area (Å²) in [7, 11) is 0. The van der Waals surface area contributed by atoms with Crippen molar-refractivity contribution in [2.75, 3.05) is 4.90 Å². The minimum absolute atomic E-state index is 0.159. The third-order valence-corrected chi connectivity index (χ3v) is 19.7. The highest BCUT2D eigenvalue weighted by atomic mass is 15.1. The van der Waals surface area contributed by atoms with Crippen molar-refractivity contribution in [3.05, 3.63) is 330 Å². The predicted molar refractivity (Wildman–Crippen MR) is 354 cm³/mol. The first-order chi connectivity index (χ1) is 41.2. The number of rotatable bonds is 7. The third kappa shape index (κ3) is 6.73. The van der Waals surface area contributed by atoms with Gasteiger partial charge in [-0.15, -0.1) is 0 Å². The van der Waals surface area contributed by atoms with Gasteiger partial charge >= 0.3 is 0 Å². The van der Waals surface area contributed by atoms with Gasteiger partial charge in [0.05, 0.1) is 11.1 Å². The molecule has 14 aromatic carbocycles. The fourth-order valence-electron chi connectivity index (χ4n) is 15.8. The summed E-state index contributed by atoms with van der Waals surface area (Å²) in [5.74, 6) is 0. The smallest absolute Gasteiger partial charge is 0.0713 e. The van der Waals surface area contributed by atoms with E-state index in [-0.39, 0.29) is 10.8 Å². The molecule has 0 saturated carbocycles. The van der Waals surface area contributed by atoms with E-state index in [1.54, 1.807) is 0 Å². The predicted octanol–water partition coefficient (Wildman–Crippen LogP) is 22.1. The Morgan fingerprint density at radius 3 is 1.15 bits per heavy atom. The Hall–Kier alpha value is -10.1. The zero-order valence-electron chi connectivity index (χ0n) is 47.6. The molecule has 0 radical (unpaired) electrons. The van der Waals surface area contributed by atoms with Gasteiger partial charge in [-0.25, -0.2) is 0 Å². The van der Waals surface area contributed by atoms with Crippen molar-refractivity contribution in [2.45, 2.75) is 43.9 Å². The molecule has 0 amide bonds. The summed E-state index contributed by atoms with van der Waals surface area (Å²) in [6.07, 6.45) is 0. The van der Waals surface area contributed by atoms with Crippen molar-refractivity contribution in [3.63, 3.8) is 0 Å². The lowest BCUT2D eigenvalue weighted by Crippen LogP contribution is -2.28. The SMILES string of the molecule is CC1(C)c2ccccc2-c2ccc(N(c3ccc4c(c3)C(C)(C)c3ccccc3-4)c3ccc(-c4cc5c6ccccc6c(-c6ccc7c(c6)C(c6ccccc6)(c6ccccc6)c6ccccc6-7)cc5c5ccccc45)c4ccccc34)cc21. The van der Waals surface area contributed by atoms with Crippen LogP contribution in [0.1, 0.15) is 72.2 Å². The monoisotopic (exact) mass is 1070 g/mol. The number of fused-ring (bicyclic) bond motifs is 15. The minimum Gasteiger partial charge on any atom is -0.310 e. The quantitative estimate of drug-likeness (QED) is 0.144. The first-order valence-corrected chi connectivity index (χ1v) is 29.7. The lowest BCUT2D eigenvalue weighted by molar-refractivity contribution is 0.660. The Bertz CT molecular complexity index is 4930. The second-order valence-electron chi connectivity index (χ2n) is 24.6. The van der Waals surface area contributed by atoms with Crippen LogP contribution in [0.2, 0.25) is 0 Å². The van der Waals surface area contributed by atoms with Gasteiger partial charge in [0.15, 0.2) is 0 Å². The fourth-order valence-corrected chi connectivity index (χ4v) is 15.8. The van der Waals surface area contributed by atoms with Crippen LogP contribution in [0.5, 0.6) is 0 Å². The highest BCUT2D eigenvalue weighted by Gasteiger charge is 2.46. The summed E-state index contributed by atoms with van der Waals surface area (Å²) in [6.45, 7) is 9.55. The average Bonchev–Trinajstić information content (AvgIpc) is 1.79. The number of benzene rings is 14. The second kappa shape index (κ2) is 18.0. The first kappa shape index (κ1) is 48.6. The molecule has 0 heterocycles. The Labute approximate surface area is 491 Å². The molecule has 0 aliphatic heterocycles. The molecule has 0 aromatic heterocycles. The summed E-state index contributed by atoms with van der Waals surface area (Å²) in [4.78, 5) is 2.54. The molecule has 396 valence electrons. The van der Waals surface area contributed by atoms with E-state index in [4.69, 9.17) is 0 Å². The van der Waals surface area contributed by atoms with Crippen LogP contribution in [0.15, 0.2) is 285 Å². The van der Waals surface area contributed by atoms with Gasteiger partial charge in [-0.05, 0) is 186 Å². The zero-order chi connectivity index (χ0) is 56.1. The normalized spacial score (nSPS) is 14.5. The lowest BCUT2D eigenvalue weighted by Gasteiger charge is -2.34. The molecule has 0 atom stereocenters. The molecule has 0 bridgehead atoms. The Morgan fingerprint density at radius 2 is 0.607 bits per heavy atom. The van der Waals surface area contributed by atoms with E-state index in [0.717, 1.165) is 17.1 Å². The largest absolute Gasteiger partial charge is 0.310 e. The van der Waals surface area contributed by atoms with Gasteiger partial charge in [0.2, 0.25) is 0 Å². The van der Waals surface area contributed by atoms with E-state index in [1.807, 2.05) is 0 Å². The molecule has 0 spiro atoms. The van der Waals surface area contributed by atoms with E-state index < -0.39 is 5.41 Å². The average molecular weight is 1070 g/mol. The highest BCUT2D eigenvalue weighted by Crippen LogP contribution is 2.58.